The summed E-state index contributed by atoms with van der Waals surface area (Å²) in [6.45, 7) is 2.29. The van der Waals surface area contributed by atoms with Crippen LogP contribution in [0.3, 0.4) is 0 Å². The van der Waals surface area contributed by atoms with Gasteiger partial charge in [-0.05, 0) is 49.6 Å². The van der Waals surface area contributed by atoms with E-state index in [2.05, 4.69) is 17.4 Å². The first kappa shape index (κ1) is 20.7. The highest BCUT2D eigenvalue weighted by molar-refractivity contribution is 6.32. The number of carbonyl (C=O) groups excluding carboxylic acids is 1. The minimum Gasteiger partial charge on any atom is -0.494 e. The van der Waals surface area contributed by atoms with Gasteiger partial charge in [-0.1, -0.05) is 60.1 Å². The van der Waals surface area contributed by atoms with E-state index in [1.807, 2.05) is 54.6 Å². The van der Waals surface area contributed by atoms with Crippen molar-refractivity contribution < 1.29 is 14.3 Å². The van der Waals surface area contributed by atoms with E-state index >= 15 is 0 Å². The van der Waals surface area contributed by atoms with Gasteiger partial charge in [0, 0.05) is 11.8 Å². The molecule has 0 saturated carbocycles. The molecule has 0 fully saturated rings. The molecular weight excluding hydrogens is 386 g/mol. The summed E-state index contributed by atoms with van der Waals surface area (Å²) in [5, 5.41) is 3.32. The van der Waals surface area contributed by atoms with E-state index in [0.717, 1.165) is 18.6 Å². The zero-order valence-electron chi connectivity index (χ0n) is 16.3. The van der Waals surface area contributed by atoms with Crippen LogP contribution in [-0.4, -0.2) is 18.6 Å². The van der Waals surface area contributed by atoms with Crippen LogP contribution in [0.1, 0.15) is 18.9 Å². The maximum atomic E-state index is 12.4. The standard InChI is InChI=1S/C24H24ClNO3/c1-18(29-23-15-6-5-14-22(23)25)24(27)26-20-12-7-13-21(17-20)28-16-8-11-19-9-3-2-4-10-19/h2-7,9-10,12-15,17-18H,8,11,16H2,1H3,(H,26,27). The molecule has 150 valence electrons. The number of hydrogen-bond donors (Lipinski definition) is 1. The highest BCUT2D eigenvalue weighted by Crippen LogP contribution is 2.25. The molecule has 0 aromatic heterocycles. The molecule has 4 nitrogen and oxygen atoms in total. The molecule has 0 radical (unpaired) electrons. The van der Waals surface area contributed by atoms with Crippen LogP contribution in [0.2, 0.25) is 5.02 Å². The van der Waals surface area contributed by atoms with Crippen molar-refractivity contribution in [1.82, 2.24) is 0 Å². The summed E-state index contributed by atoms with van der Waals surface area (Å²) in [5.74, 6) is 0.939. The second-order valence-electron chi connectivity index (χ2n) is 6.65. The van der Waals surface area contributed by atoms with Gasteiger partial charge in [-0.25, -0.2) is 0 Å². The van der Waals surface area contributed by atoms with Crippen LogP contribution in [0, 0.1) is 0 Å². The molecule has 0 aliphatic rings. The van der Waals surface area contributed by atoms with E-state index in [-0.39, 0.29) is 5.91 Å². The van der Waals surface area contributed by atoms with Crippen LogP contribution in [0.25, 0.3) is 0 Å². The van der Waals surface area contributed by atoms with Crippen molar-refractivity contribution in [3.05, 3.63) is 89.4 Å². The molecule has 0 saturated heterocycles. The number of halogens is 1. The van der Waals surface area contributed by atoms with Gasteiger partial charge in [0.1, 0.15) is 11.5 Å². The predicted molar refractivity (Wildman–Crippen MR) is 117 cm³/mol. The topological polar surface area (TPSA) is 47.6 Å². The molecule has 3 aromatic carbocycles. The minimum atomic E-state index is -0.689. The van der Waals surface area contributed by atoms with Crippen LogP contribution in [-0.2, 0) is 11.2 Å². The van der Waals surface area contributed by atoms with Crippen LogP contribution >= 0.6 is 11.6 Å². The maximum Gasteiger partial charge on any atom is 0.265 e. The van der Waals surface area contributed by atoms with Gasteiger partial charge in [-0.2, -0.15) is 0 Å². The van der Waals surface area contributed by atoms with Crippen LogP contribution in [0.4, 0.5) is 5.69 Å². The molecule has 0 aliphatic carbocycles. The summed E-state index contributed by atoms with van der Waals surface area (Å²) in [6, 6.07) is 24.7. The van der Waals surface area contributed by atoms with E-state index in [4.69, 9.17) is 21.1 Å². The molecule has 3 aromatic rings. The van der Waals surface area contributed by atoms with Gasteiger partial charge in [-0.15, -0.1) is 0 Å². The van der Waals surface area contributed by atoms with Gasteiger partial charge < -0.3 is 14.8 Å². The SMILES string of the molecule is CC(Oc1ccccc1Cl)C(=O)Nc1cccc(OCCCc2ccccc2)c1. The summed E-state index contributed by atoms with van der Waals surface area (Å²) in [5.41, 5.74) is 1.95. The molecule has 3 rings (SSSR count). The molecule has 1 atom stereocenters. The lowest BCUT2D eigenvalue weighted by Gasteiger charge is -2.16. The van der Waals surface area contributed by atoms with E-state index in [1.54, 1.807) is 19.1 Å². The minimum absolute atomic E-state index is 0.258. The number of para-hydroxylation sites is 1. The van der Waals surface area contributed by atoms with Crippen molar-refractivity contribution in [1.29, 1.82) is 0 Å². The normalized spacial score (nSPS) is 11.5. The van der Waals surface area contributed by atoms with Crippen molar-refractivity contribution in [2.45, 2.75) is 25.9 Å². The third-order valence-corrected chi connectivity index (χ3v) is 4.64. The molecule has 1 unspecified atom stereocenters. The average molecular weight is 410 g/mol. The Balaban J connectivity index is 1.48. The molecule has 0 spiro atoms. The highest BCUT2D eigenvalue weighted by atomic mass is 35.5. The first-order chi connectivity index (χ1) is 14.1. The number of ether oxygens (including phenoxy) is 2. The Morgan fingerprint density at radius 2 is 1.76 bits per heavy atom. The van der Waals surface area contributed by atoms with Gasteiger partial charge in [0.15, 0.2) is 6.10 Å². The Bertz CT molecular complexity index is 930. The van der Waals surface area contributed by atoms with Crippen LogP contribution in [0.5, 0.6) is 11.5 Å². The number of amides is 1. The lowest BCUT2D eigenvalue weighted by Crippen LogP contribution is -2.30. The number of aryl methyl sites for hydroxylation is 1. The maximum absolute atomic E-state index is 12.4. The highest BCUT2D eigenvalue weighted by Gasteiger charge is 2.16. The van der Waals surface area contributed by atoms with Crippen molar-refractivity contribution in [3.8, 4) is 11.5 Å². The summed E-state index contributed by atoms with van der Waals surface area (Å²) >= 11 is 6.08. The molecule has 0 aliphatic heterocycles. The fraction of sp³-hybridized carbons (Fsp3) is 0.208. The summed E-state index contributed by atoms with van der Waals surface area (Å²) in [7, 11) is 0. The van der Waals surface area contributed by atoms with Gasteiger partial charge in [0.05, 0.1) is 11.6 Å². The van der Waals surface area contributed by atoms with Crippen LogP contribution < -0.4 is 14.8 Å². The predicted octanol–water partition coefficient (Wildman–Crippen LogP) is 5.76. The first-order valence-electron chi connectivity index (χ1n) is 9.60. The smallest absolute Gasteiger partial charge is 0.265 e. The number of carbonyl (C=O) groups is 1. The molecule has 0 bridgehead atoms. The number of rotatable bonds is 9. The van der Waals surface area contributed by atoms with Gasteiger partial charge in [0.25, 0.3) is 5.91 Å². The Morgan fingerprint density at radius 3 is 2.55 bits per heavy atom. The fourth-order valence-electron chi connectivity index (χ4n) is 2.80. The van der Waals surface area contributed by atoms with E-state index in [0.29, 0.717) is 23.1 Å². The fourth-order valence-corrected chi connectivity index (χ4v) is 2.98. The quantitative estimate of drug-likeness (QED) is 0.457. The third-order valence-electron chi connectivity index (χ3n) is 4.33. The number of hydrogen-bond acceptors (Lipinski definition) is 3. The summed E-state index contributed by atoms with van der Waals surface area (Å²) in [6.07, 6.45) is 1.20. The number of anilines is 1. The molecule has 1 N–H and O–H groups in total. The lowest BCUT2D eigenvalue weighted by atomic mass is 10.1. The van der Waals surface area contributed by atoms with Crippen molar-refractivity contribution in [3.63, 3.8) is 0 Å². The molecule has 5 heteroatoms. The molecule has 1 amide bonds. The average Bonchev–Trinajstić information content (AvgIpc) is 2.74. The number of nitrogens with one attached hydrogen (secondary N) is 1. The van der Waals surface area contributed by atoms with Gasteiger partial charge in [-0.3, -0.25) is 4.79 Å². The zero-order valence-corrected chi connectivity index (χ0v) is 17.1. The third kappa shape index (κ3) is 6.54. The van der Waals surface area contributed by atoms with Crippen LogP contribution in [0.15, 0.2) is 78.9 Å². The molecule has 0 heterocycles. The first-order valence-corrected chi connectivity index (χ1v) is 9.98. The summed E-state index contributed by atoms with van der Waals surface area (Å²) < 4.78 is 11.5. The Hall–Kier alpha value is -2.98. The lowest BCUT2D eigenvalue weighted by molar-refractivity contribution is -0.122. The second kappa shape index (κ2) is 10.5. The zero-order chi connectivity index (χ0) is 20.5. The Labute approximate surface area is 176 Å². The number of benzene rings is 3. The molecule has 29 heavy (non-hydrogen) atoms. The monoisotopic (exact) mass is 409 g/mol. The second-order valence-corrected chi connectivity index (χ2v) is 7.05. The largest absolute Gasteiger partial charge is 0.494 e. The Morgan fingerprint density at radius 1 is 1.00 bits per heavy atom. The van der Waals surface area contributed by atoms with Crippen molar-refractivity contribution in [2.75, 3.05) is 11.9 Å². The summed E-state index contributed by atoms with van der Waals surface area (Å²) in [4.78, 5) is 12.4. The van der Waals surface area contributed by atoms with Crippen molar-refractivity contribution in [2.24, 2.45) is 0 Å². The van der Waals surface area contributed by atoms with E-state index < -0.39 is 6.10 Å². The van der Waals surface area contributed by atoms with Gasteiger partial charge in [0.2, 0.25) is 0 Å². The van der Waals surface area contributed by atoms with E-state index in [9.17, 15) is 4.79 Å². The van der Waals surface area contributed by atoms with Crippen molar-refractivity contribution >= 4 is 23.2 Å². The van der Waals surface area contributed by atoms with E-state index in [1.165, 1.54) is 5.56 Å². The molecular formula is C24H24ClNO3. The Kier molecular flexibility index (Phi) is 7.54. The van der Waals surface area contributed by atoms with Gasteiger partial charge >= 0.3 is 0 Å².